The highest BCUT2D eigenvalue weighted by molar-refractivity contribution is 5.23. The van der Waals surface area contributed by atoms with E-state index in [1.807, 2.05) is 0 Å². The first-order valence-electron chi connectivity index (χ1n) is 3.57. The maximum atomic E-state index is 3.30. The molecule has 0 radical (unpaired) electrons. The smallest absolute Gasteiger partial charge is 0.0133 e. The molecule has 1 heteroatoms. The van der Waals surface area contributed by atoms with Gasteiger partial charge in [0.2, 0.25) is 0 Å². The lowest BCUT2D eigenvalue weighted by molar-refractivity contribution is 0.489. The highest BCUT2D eigenvalue weighted by Crippen LogP contribution is 2.69. The molecule has 2 aliphatic carbocycles. The first-order valence-corrected chi connectivity index (χ1v) is 3.57. The quantitative estimate of drug-likeness (QED) is 0.557. The van der Waals surface area contributed by atoms with Crippen molar-refractivity contribution in [1.82, 2.24) is 5.32 Å². The Morgan fingerprint density at radius 2 is 2.00 bits per heavy atom. The number of nitrogens with one attached hydrogen (secondary N) is 1. The monoisotopic (exact) mass is 111 g/mol. The van der Waals surface area contributed by atoms with Crippen molar-refractivity contribution >= 4 is 0 Å². The molecule has 0 saturated heterocycles. The average Bonchev–Trinajstić information content (AvgIpc) is 2.51. The molecule has 2 rings (SSSR count). The van der Waals surface area contributed by atoms with Crippen LogP contribution in [-0.4, -0.2) is 13.1 Å². The van der Waals surface area contributed by atoms with Crippen molar-refractivity contribution in [2.75, 3.05) is 7.05 Å². The zero-order valence-corrected chi connectivity index (χ0v) is 5.52. The third kappa shape index (κ3) is 0.368. The minimum atomic E-state index is 0.931. The largest absolute Gasteiger partial charge is 0.316 e. The van der Waals surface area contributed by atoms with Crippen molar-refractivity contribution in [3.8, 4) is 0 Å². The molecule has 46 valence electrons. The van der Waals surface area contributed by atoms with E-state index < -0.39 is 0 Å². The number of hydrogen-bond donors (Lipinski definition) is 1. The van der Waals surface area contributed by atoms with E-state index in [1.165, 1.54) is 6.42 Å². The third-order valence-electron chi connectivity index (χ3n) is 2.79. The average molecular weight is 111 g/mol. The molecule has 0 aromatic rings. The fourth-order valence-corrected chi connectivity index (χ4v) is 2.10. The van der Waals surface area contributed by atoms with Gasteiger partial charge >= 0.3 is 0 Å². The van der Waals surface area contributed by atoms with Gasteiger partial charge in [-0.2, -0.15) is 0 Å². The van der Waals surface area contributed by atoms with Gasteiger partial charge in [-0.3, -0.25) is 0 Å². The van der Waals surface area contributed by atoms with Gasteiger partial charge in [0.15, 0.2) is 0 Å². The van der Waals surface area contributed by atoms with Crippen LogP contribution in [0.1, 0.15) is 13.3 Å². The molecule has 2 fully saturated rings. The van der Waals surface area contributed by atoms with Gasteiger partial charge < -0.3 is 5.32 Å². The van der Waals surface area contributed by atoms with Gasteiger partial charge in [-0.15, -0.1) is 0 Å². The highest BCUT2D eigenvalue weighted by Gasteiger charge is 2.71. The molecule has 2 unspecified atom stereocenters. The van der Waals surface area contributed by atoms with Crippen LogP contribution in [0.5, 0.6) is 0 Å². The normalized spacial score (nSPS) is 57.8. The van der Waals surface area contributed by atoms with Gasteiger partial charge in [0, 0.05) is 6.04 Å². The van der Waals surface area contributed by atoms with E-state index in [4.69, 9.17) is 0 Å². The first-order chi connectivity index (χ1) is 3.90. The molecule has 0 heterocycles. The Balaban J connectivity index is 1.79. The zero-order chi connectivity index (χ0) is 5.72. The summed E-state index contributed by atoms with van der Waals surface area (Å²) in [4.78, 5) is 0. The van der Waals surface area contributed by atoms with Crippen LogP contribution in [0.3, 0.4) is 0 Å². The fraction of sp³-hybridized carbons (Fsp3) is 1.00. The second-order valence-electron chi connectivity index (χ2n) is 3.04. The highest BCUT2D eigenvalue weighted by atomic mass is 15.0. The molecule has 2 saturated carbocycles. The van der Waals surface area contributed by atoms with Crippen molar-refractivity contribution < 1.29 is 0 Å². The zero-order valence-electron chi connectivity index (χ0n) is 5.52. The van der Waals surface area contributed by atoms with E-state index in [-0.39, 0.29) is 0 Å². The number of hydrogen-bond acceptors (Lipinski definition) is 1. The van der Waals surface area contributed by atoms with E-state index in [0.29, 0.717) is 0 Å². The van der Waals surface area contributed by atoms with Crippen molar-refractivity contribution in [2.24, 2.45) is 17.8 Å². The molecule has 0 aromatic heterocycles. The second kappa shape index (κ2) is 1.27. The summed E-state index contributed by atoms with van der Waals surface area (Å²) in [6, 6.07) is 0.931. The molecule has 1 nitrogen and oxygen atoms in total. The number of fused-ring (bicyclic) bond motifs is 1. The summed E-state index contributed by atoms with van der Waals surface area (Å²) < 4.78 is 0. The first kappa shape index (κ1) is 4.80. The summed E-state index contributed by atoms with van der Waals surface area (Å²) in [5, 5.41) is 3.30. The van der Waals surface area contributed by atoms with E-state index in [9.17, 15) is 0 Å². The minimum Gasteiger partial charge on any atom is -0.316 e. The lowest BCUT2D eigenvalue weighted by Gasteiger charge is -2.06. The Bertz CT molecular complexity index is 89.0. The summed E-state index contributed by atoms with van der Waals surface area (Å²) in [6.45, 7) is 2.30. The molecular formula is C7H13N. The van der Waals surface area contributed by atoms with Crippen molar-refractivity contribution in [3.05, 3.63) is 0 Å². The fourth-order valence-electron chi connectivity index (χ4n) is 2.10. The molecule has 0 bridgehead atoms. The second-order valence-corrected chi connectivity index (χ2v) is 3.04. The molecule has 0 spiro atoms. The summed E-state index contributed by atoms with van der Waals surface area (Å²) in [5.41, 5.74) is 0. The van der Waals surface area contributed by atoms with Crippen LogP contribution in [0, 0.1) is 17.8 Å². The van der Waals surface area contributed by atoms with Crippen LogP contribution in [0.25, 0.3) is 0 Å². The van der Waals surface area contributed by atoms with Gasteiger partial charge in [0.25, 0.3) is 0 Å². The van der Waals surface area contributed by atoms with Crippen molar-refractivity contribution in [1.29, 1.82) is 0 Å². The standard InChI is InChI=1S/C7H13N/c1-3-4-5-6(4)7(5)8-2/h4-8H,3H2,1-2H3. The van der Waals surface area contributed by atoms with E-state index in [1.54, 1.807) is 0 Å². The Morgan fingerprint density at radius 1 is 1.38 bits per heavy atom. The van der Waals surface area contributed by atoms with Gasteiger partial charge in [0.05, 0.1) is 0 Å². The van der Waals surface area contributed by atoms with Crippen LogP contribution >= 0.6 is 0 Å². The van der Waals surface area contributed by atoms with Crippen molar-refractivity contribution in [3.63, 3.8) is 0 Å². The Labute approximate surface area is 50.5 Å². The molecule has 2 aliphatic rings. The molecular weight excluding hydrogens is 98.1 g/mol. The summed E-state index contributed by atoms with van der Waals surface area (Å²) in [5.74, 6) is 3.32. The molecule has 0 amide bonds. The predicted molar refractivity (Wildman–Crippen MR) is 33.6 cm³/mol. The van der Waals surface area contributed by atoms with Crippen LogP contribution < -0.4 is 5.32 Å². The third-order valence-corrected chi connectivity index (χ3v) is 2.79. The Kier molecular flexibility index (Phi) is 0.762. The molecule has 0 aliphatic heterocycles. The van der Waals surface area contributed by atoms with Crippen LogP contribution in [0.15, 0.2) is 0 Å². The van der Waals surface area contributed by atoms with E-state index >= 15 is 0 Å². The Hall–Kier alpha value is -0.0400. The van der Waals surface area contributed by atoms with Gasteiger partial charge in [-0.05, 0) is 24.8 Å². The molecule has 2 atom stereocenters. The van der Waals surface area contributed by atoms with Gasteiger partial charge in [0.1, 0.15) is 0 Å². The molecule has 1 N–H and O–H groups in total. The van der Waals surface area contributed by atoms with Crippen LogP contribution in [0.4, 0.5) is 0 Å². The maximum absolute atomic E-state index is 3.30. The number of rotatable bonds is 2. The lowest BCUT2D eigenvalue weighted by atomic mass is 10.1. The van der Waals surface area contributed by atoms with Crippen molar-refractivity contribution in [2.45, 2.75) is 19.4 Å². The SMILES string of the molecule is CCC1C2C(NC)C12. The molecule has 0 aromatic carbocycles. The lowest BCUT2D eigenvalue weighted by Crippen LogP contribution is -2.20. The maximum Gasteiger partial charge on any atom is 0.0133 e. The summed E-state index contributed by atoms with van der Waals surface area (Å²) in [7, 11) is 2.07. The summed E-state index contributed by atoms with van der Waals surface area (Å²) >= 11 is 0. The van der Waals surface area contributed by atoms with E-state index in [2.05, 4.69) is 19.3 Å². The topological polar surface area (TPSA) is 12.0 Å². The van der Waals surface area contributed by atoms with Gasteiger partial charge in [-0.25, -0.2) is 0 Å². The summed E-state index contributed by atoms with van der Waals surface area (Å²) in [6.07, 6.45) is 1.41. The van der Waals surface area contributed by atoms with Gasteiger partial charge in [-0.1, -0.05) is 13.3 Å². The Morgan fingerprint density at radius 3 is 2.38 bits per heavy atom. The van der Waals surface area contributed by atoms with Crippen LogP contribution in [-0.2, 0) is 0 Å². The minimum absolute atomic E-state index is 0.931. The van der Waals surface area contributed by atoms with Crippen LogP contribution in [0.2, 0.25) is 0 Å². The van der Waals surface area contributed by atoms with E-state index in [0.717, 1.165) is 23.8 Å². The predicted octanol–water partition coefficient (Wildman–Crippen LogP) is 0.860. The molecule has 8 heavy (non-hydrogen) atoms.